The third-order valence-electron chi connectivity index (χ3n) is 6.21. The Balaban J connectivity index is 0.000000414. The summed E-state index contributed by atoms with van der Waals surface area (Å²) < 4.78 is 15.5. The highest BCUT2D eigenvalue weighted by Crippen LogP contribution is 2.41. The number of benzene rings is 2. The van der Waals surface area contributed by atoms with Crippen LogP contribution in [0.1, 0.15) is 18.9 Å². The molecule has 4 rings (SSSR count). The fraction of sp³-hybridized carbons (Fsp3) is 0.269. The van der Waals surface area contributed by atoms with Crippen LogP contribution in [-0.4, -0.2) is 64.3 Å². The summed E-state index contributed by atoms with van der Waals surface area (Å²) in [6, 6.07) is 12.1. The van der Waals surface area contributed by atoms with Gasteiger partial charge in [0.25, 0.3) is 0 Å². The van der Waals surface area contributed by atoms with E-state index in [1.54, 1.807) is 12.1 Å². The fourth-order valence-electron chi connectivity index (χ4n) is 4.42. The minimum absolute atomic E-state index is 0.0631. The Labute approximate surface area is 218 Å². The van der Waals surface area contributed by atoms with Gasteiger partial charge in [-0.2, -0.15) is 0 Å². The number of nitrogens with one attached hydrogen (secondary N) is 2. The Morgan fingerprint density at radius 2 is 1.81 bits per heavy atom. The van der Waals surface area contributed by atoms with E-state index in [9.17, 15) is 18.8 Å². The molecule has 2 heterocycles. The molecule has 0 bridgehead atoms. The normalized spacial score (nSPS) is 17.1. The van der Waals surface area contributed by atoms with Crippen LogP contribution in [-0.2, 0) is 15.1 Å². The standard InChI is InChI=1S/C22H24ClFN4O.C4H4O4/c1-3-22(14-26-21(29)28(22)11-10-25-2)19-13-27(17-7-5-16(24)6-8-17)20-9-4-15(23)12-18(19)20;5-3(6)1-2-4(7)8/h4-9,12-13,25H,3,10-11,14H2,1-2H3,(H,26,29);1-2H,(H,5,6)(H,7,8)/b;2-1-. The number of carboxylic acids is 2. The number of rotatable bonds is 8. The average Bonchev–Trinajstić information content (AvgIpc) is 3.40. The van der Waals surface area contributed by atoms with E-state index in [4.69, 9.17) is 21.8 Å². The number of halogens is 2. The van der Waals surface area contributed by atoms with Crippen molar-refractivity contribution in [2.24, 2.45) is 0 Å². The number of carboxylic acid groups (broad SMARTS) is 2. The number of carbonyl (C=O) groups excluding carboxylic acids is 1. The maximum atomic E-state index is 13.5. The molecule has 0 saturated carbocycles. The molecule has 37 heavy (non-hydrogen) atoms. The zero-order valence-electron chi connectivity index (χ0n) is 20.4. The van der Waals surface area contributed by atoms with Gasteiger partial charge in [0.05, 0.1) is 11.1 Å². The number of fused-ring (bicyclic) bond motifs is 1. The van der Waals surface area contributed by atoms with Crippen molar-refractivity contribution in [1.82, 2.24) is 20.1 Å². The van der Waals surface area contributed by atoms with Crippen molar-refractivity contribution in [1.29, 1.82) is 0 Å². The summed E-state index contributed by atoms with van der Waals surface area (Å²) in [5.74, 6) is -2.79. The van der Waals surface area contributed by atoms with E-state index >= 15 is 0 Å². The van der Waals surface area contributed by atoms with Crippen molar-refractivity contribution < 1.29 is 29.0 Å². The summed E-state index contributed by atoms with van der Waals surface area (Å²) in [5, 5.41) is 23.4. The smallest absolute Gasteiger partial charge is 0.328 e. The predicted molar refractivity (Wildman–Crippen MR) is 139 cm³/mol. The number of urea groups is 1. The summed E-state index contributed by atoms with van der Waals surface area (Å²) >= 11 is 6.35. The second-order valence-electron chi connectivity index (χ2n) is 8.36. The molecule has 2 aromatic carbocycles. The topological polar surface area (TPSA) is 124 Å². The van der Waals surface area contributed by atoms with Crippen LogP contribution in [0.4, 0.5) is 9.18 Å². The van der Waals surface area contributed by atoms with Crippen LogP contribution in [0.25, 0.3) is 16.6 Å². The van der Waals surface area contributed by atoms with Gasteiger partial charge in [-0.05, 0) is 55.9 Å². The van der Waals surface area contributed by atoms with E-state index in [2.05, 4.69) is 23.8 Å². The van der Waals surface area contributed by atoms with E-state index in [0.29, 0.717) is 36.8 Å². The van der Waals surface area contributed by atoms with E-state index in [0.717, 1.165) is 28.6 Å². The zero-order chi connectivity index (χ0) is 27.2. The van der Waals surface area contributed by atoms with Crippen molar-refractivity contribution in [3.63, 3.8) is 0 Å². The number of aliphatic carboxylic acids is 2. The fourth-order valence-corrected chi connectivity index (χ4v) is 4.60. The number of amides is 2. The predicted octanol–water partition coefficient (Wildman–Crippen LogP) is 3.98. The van der Waals surface area contributed by atoms with Gasteiger partial charge in [0, 0.05) is 59.6 Å². The summed E-state index contributed by atoms with van der Waals surface area (Å²) in [6.45, 7) is 3.92. The van der Waals surface area contributed by atoms with Crippen molar-refractivity contribution in [3.05, 3.63) is 77.2 Å². The lowest BCUT2D eigenvalue weighted by atomic mass is 9.86. The van der Waals surface area contributed by atoms with E-state index < -0.39 is 17.5 Å². The Bertz CT molecular complexity index is 1310. The average molecular weight is 531 g/mol. The molecule has 11 heteroatoms. The van der Waals surface area contributed by atoms with Gasteiger partial charge in [0.1, 0.15) is 5.82 Å². The molecule has 0 aliphatic carbocycles. The van der Waals surface area contributed by atoms with Crippen LogP contribution >= 0.6 is 11.6 Å². The minimum Gasteiger partial charge on any atom is -0.478 e. The lowest BCUT2D eigenvalue weighted by molar-refractivity contribution is -0.134. The molecule has 0 spiro atoms. The summed E-state index contributed by atoms with van der Waals surface area (Å²) in [5.41, 5.74) is 2.38. The van der Waals surface area contributed by atoms with Gasteiger partial charge in [-0.15, -0.1) is 0 Å². The molecule has 1 unspecified atom stereocenters. The lowest BCUT2D eigenvalue weighted by Crippen LogP contribution is -2.46. The molecule has 0 radical (unpaired) electrons. The highest BCUT2D eigenvalue weighted by Gasteiger charge is 2.46. The van der Waals surface area contributed by atoms with Crippen molar-refractivity contribution in [2.75, 3.05) is 26.7 Å². The van der Waals surface area contributed by atoms with Crippen molar-refractivity contribution >= 4 is 40.5 Å². The molecule has 1 fully saturated rings. The van der Waals surface area contributed by atoms with Gasteiger partial charge < -0.3 is 30.3 Å². The largest absolute Gasteiger partial charge is 0.478 e. The van der Waals surface area contributed by atoms with Crippen LogP contribution in [0.2, 0.25) is 5.02 Å². The molecule has 1 aromatic heterocycles. The molecular weight excluding hydrogens is 503 g/mol. The monoisotopic (exact) mass is 530 g/mol. The molecule has 1 saturated heterocycles. The molecular formula is C26H28ClFN4O5. The molecule has 196 valence electrons. The third kappa shape index (κ3) is 6.10. The van der Waals surface area contributed by atoms with Gasteiger partial charge in [-0.1, -0.05) is 18.5 Å². The molecule has 1 aliphatic rings. The first kappa shape index (κ1) is 27.7. The van der Waals surface area contributed by atoms with E-state index in [-0.39, 0.29) is 11.8 Å². The maximum absolute atomic E-state index is 13.5. The second kappa shape index (κ2) is 11.9. The number of nitrogens with zero attached hydrogens (tertiary/aromatic N) is 2. The first-order valence-electron chi connectivity index (χ1n) is 11.5. The molecule has 1 atom stereocenters. The lowest BCUT2D eigenvalue weighted by Gasteiger charge is -2.36. The summed E-state index contributed by atoms with van der Waals surface area (Å²) in [7, 11) is 1.88. The van der Waals surface area contributed by atoms with Crippen LogP contribution in [0, 0.1) is 5.82 Å². The van der Waals surface area contributed by atoms with Crippen LogP contribution in [0.5, 0.6) is 0 Å². The number of hydrogen-bond donors (Lipinski definition) is 4. The van der Waals surface area contributed by atoms with Gasteiger partial charge in [-0.3, -0.25) is 0 Å². The third-order valence-corrected chi connectivity index (χ3v) is 6.44. The number of carbonyl (C=O) groups is 3. The molecule has 4 N–H and O–H groups in total. The molecule has 2 amide bonds. The van der Waals surface area contributed by atoms with E-state index in [1.807, 2.05) is 34.7 Å². The summed E-state index contributed by atoms with van der Waals surface area (Å²) in [6.07, 6.45) is 3.93. The Morgan fingerprint density at radius 1 is 1.16 bits per heavy atom. The quantitative estimate of drug-likeness (QED) is 0.327. The zero-order valence-corrected chi connectivity index (χ0v) is 21.1. The first-order chi connectivity index (χ1) is 17.6. The van der Waals surface area contributed by atoms with Crippen molar-refractivity contribution in [3.8, 4) is 5.69 Å². The Kier molecular flexibility index (Phi) is 8.90. The van der Waals surface area contributed by atoms with E-state index in [1.165, 1.54) is 12.1 Å². The summed E-state index contributed by atoms with van der Waals surface area (Å²) in [4.78, 5) is 33.7. The van der Waals surface area contributed by atoms with Gasteiger partial charge in [0.2, 0.25) is 0 Å². The number of likely N-dealkylation sites (N-methyl/N-ethyl adjacent to an activating group) is 1. The maximum Gasteiger partial charge on any atom is 0.328 e. The minimum atomic E-state index is -1.26. The second-order valence-corrected chi connectivity index (χ2v) is 8.80. The number of aromatic nitrogens is 1. The van der Waals surface area contributed by atoms with Crippen LogP contribution < -0.4 is 10.6 Å². The van der Waals surface area contributed by atoms with Crippen LogP contribution in [0.15, 0.2) is 60.8 Å². The molecule has 1 aliphatic heterocycles. The number of hydrogen-bond acceptors (Lipinski definition) is 4. The highest BCUT2D eigenvalue weighted by atomic mass is 35.5. The first-order valence-corrected chi connectivity index (χ1v) is 11.9. The Morgan fingerprint density at radius 3 is 2.38 bits per heavy atom. The molecule has 3 aromatic rings. The molecule has 9 nitrogen and oxygen atoms in total. The highest BCUT2D eigenvalue weighted by molar-refractivity contribution is 6.31. The van der Waals surface area contributed by atoms with Crippen LogP contribution in [0.3, 0.4) is 0 Å². The Hall–Kier alpha value is -3.89. The van der Waals surface area contributed by atoms with Gasteiger partial charge in [0.15, 0.2) is 0 Å². The SMILES string of the molecule is CCC1(c2cn(-c3ccc(F)cc3)c3ccc(Cl)cc23)CNC(=O)N1CCNC.O=C(O)/C=C\C(=O)O. The van der Waals surface area contributed by atoms with Gasteiger partial charge >= 0.3 is 18.0 Å². The van der Waals surface area contributed by atoms with Gasteiger partial charge in [-0.25, -0.2) is 18.8 Å². The van der Waals surface area contributed by atoms with Crippen molar-refractivity contribution in [2.45, 2.75) is 18.9 Å².